The number of carbonyl (C=O) groups is 1. The number of alkyl halides is 25. The van der Waals surface area contributed by atoms with Gasteiger partial charge in [-0.05, 0) is 0 Å². The SMILES string of the molecule is C=C(C(=O)OCC(F)(F)C(F)(F)C(F)(F)C(F)(F)C(F)(F)C(F)(F)C(F)(F)C(F)F)C(F)(F)C(F)(F)C(F)(F)CCC(F)(F)F. The van der Waals surface area contributed by atoms with Gasteiger partial charge in [0, 0.05) is 12.8 Å². The van der Waals surface area contributed by atoms with Crippen molar-refractivity contribution in [2.75, 3.05) is 6.61 Å². The Bertz CT molecular complexity index is 1080. The van der Waals surface area contributed by atoms with Crippen LogP contribution in [-0.2, 0) is 9.53 Å². The van der Waals surface area contributed by atoms with Crippen LogP contribution in [0.3, 0.4) is 0 Å². The van der Waals surface area contributed by atoms with Crippen molar-refractivity contribution in [1.82, 2.24) is 0 Å². The van der Waals surface area contributed by atoms with Gasteiger partial charge in [0.15, 0.2) is 6.61 Å². The molecule has 0 amide bonds. The molecule has 0 atom stereocenters. The van der Waals surface area contributed by atoms with Gasteiger partial charge in [0.05, 0.1) is 0 Å². The molecule has 45 heavy (non-hydrogen) atoms. The summed E-state index contributed by atoms with van der Waals surface area (Å²) in [4.78, 5) is 11.3. The van der Waals surface area contributed by atoms with Crippen LogP contribution < -0.4 is 0 Å². The predicted octanol–water partition coefficient (Wildman–Crippen LogP) is 9.05. The van der Waals surface area contributed by atoms with Gasteiger partial charge in [-0.1, -0.05) is 6.58 Å². The summed E-state index contributed by atoms with van der Waals surface area (Å²) in [7, 11) is 0. The van der Waals surface area contributed by atoms with Crippen molar-refractivity contribution in [3.05, 3.63) is 12.2 Å². The first-order chi connectivity index (χ1) is 19.2. The number of rotatable bonds is 15. The second-order valence-electron chi connectivity index (χ2n) is 8.52. The summed E-state index contributed by atoms with van der Waals surface area (Å²) in [5, 5.41) is 0. The highest BCUT2D eigenvalue weighted by Crippen LogP contribution is 2.63. The number of esters is 1. The van der Waals surface area contributed by atoms with Crippen LogP contribution >= 0.6 is 0 Å². The minimum Gasteiger partial charge on any atom is -0.456 e. The van der Waals surface area contributed by atoms with E-state index in [-0.39, 0.29) is 0 Å². The molecule has 0 spiro atoms. The molecular formula is C18H9F25O2. The fraction of sp³-hybridized carbons (Fsp3) is 0.833. The molecule has 0 heterocycles. The second-order valence-corrected chi connectivity index (χ2v) is 8.52. The molecule has 0 aliphatic rings. The molecule has 27 heteroatoms. The number of halogens is 25. The lowest BCUT2D eigenvalue weighted by atomic mass is 9.89. The molecule has 0 saturated heterocycles. The third-order valence-electron chi connectivity index (χ3n) is 5.32. The zero-order valence-electron chi connectivity index (χ0n) is 20.2. The first-order valence-electron chi connectivity index (χ1n) is 10.2. The summed E-state index contributed by atoms with van der Waals surface area (Å²) in [6.45, 7) is -2.58. The maximum atomic E-state index is 13.8. The van der Waals surface area contributed by atoms with Gasteiger partial charge in [-0.3, -0.25) is 0 Å². The van der Waals surface area contributed by atoms with E-state index >= 15 is 0 Å². The summed E-state index contributed by atoms with van der Waals surface area (Å²) in [6.07, 6.45) is -18.0. The summed E-state index contributed by atoms with van der Waals surface area (Å²) in [5.74, 6) is -82.9. The maximum absolute atomic E-state index is 13.8. The average molecular weight is 732 g/mol. The molecular weight excluding hydrogens is 723 g/mol. The van der Waals surface area contributed by atoms with Crippen LogP contribution in [0.1, 0.15) is 12.8 Å². The Morgan fingerprint density at radius 3 is 1.22 bits per heavy atom. The number of ether oxygens (including phenoxy) is 1. The molecule has 0 aliphatic heterocycles. The van der Waals surface area contributed by atoms with E-state index in [0.29, 0.717) is 0 Å². The molecule has 0 aromatic carbocycles. The maximum Gasteiger partial charge on any atom is 0.389 e. The van der Waals surface area contributed by atoms with Crippen molar-refractivity contribution in [2.45, 2.75) is 84.7 Å². The fourth-order valence-electron chi connectivity index (χ4n) is 2.50. The molecule has 2 nitrogen and oxygen atoms in total. The molecule has 0 fully saturated rings. The van der Waals surface area contributed by atoms with Crippen LogP contribution in [0.15, 0.2) is 12.2 Å². The molecule has 0 rings (SSSR count). The molecule has 0 aromatic heterocycles. The first kappa shape index (κ1) is 42.5. The van der Waals surface area contributed by atoms with E-state index in [1.807, 2.05) is 0 Å². The monoisotopic (exact) mass is 732 g/mol. The quantitative estimate of drug-likeness (QED) is 0.0955. The van der Waals surface area contributed by atoms with Gasteiger partial charge in [0.25, 0.3) is 0 Å². The lowest BCUT2D eigenvalue weighted by molar-refractivity contribution is -0.447. The third kappa shape index (κ3) is 6.66. The van der Waals surface area contributed by atoms with Crippen molar-refractivity contribution in [3.63, 3.8) is 0 Å². The standard InChI is InChI=1S/C18H9F25O2/c1-5(11(28,29)13(32,33)8(21,22)2-3-10(25,26)27)6(44)45-4-9(23,24)14(34,35)16(38,39)18(42,43)17(40,41)15(36,37)12(30,31)7(19)20/h7H,1-4H2. The Balaban J connectivity index is 6.37. The van der Waals surface area contributed by atoms with Gasteiger partial charge in [-0.2, -0.15) is 101 Å². The average Bonchev–Trinajstić information content (AvgIpc) is 2.84. The highest BCUT2D eigenvalue weighted by Gasteiger charge is 2.93. The Morgan fingerprint density at radius 2 is 0.867 bits per heavy atom. The summed E-state index contributed by atoms with van der Waals surface area (Å²) in [6, 6.07) is 0. The normalized spacial score (nSPS) is 15.9. The van der Waals surface area contributed by atoms with Crippen LogP contribution in [-0.4, -0.2) is 84.4 Å². The van der Waals surface area contributed by atoms with Gasteiger partial charge in [-0.25, -0.2) is 13.6 Å². The fourth-order valence-corrected chi connectivity index (χ4v) is 2.50. The first-order valence-corrected chi connectivity index (χ1v) is 10.2. The summed E-state index contributed by atoms with van der Waals surface area (Å²) >= 11 is 0. The van der Waals surface area contributed by atoms with Crippen molar-refractivity contribution in [3.8, 4) is 0 Å². The number of hydrogen-bond donors (Lipinski definition) is 0. The van der Waals surface area contributed by atoms with Crippen molar-refractivity contribution >= 4 is 5.97 Å². The lowest BCUT2D eigenvalue weighted by Crippen LogP contribution is -2.74. The van der Waals surface area contributed by atoms with E-state index in [1.165, 1.54) is 0 Å². The molecule has 0 aliphatic carbocycles. The van der Waals surface area contributed by atoms with Crippen molar-refractivity contribution < 1.29 is 119 Å². The third-order valence-corrected chi connectivity index (χ3v) is 5.32. The molecule has 0 N–H and O–H groups in total. The minimum absolute atomic E-state index is 1.59. The van der Waals surface area contributed by atoms with E-state index in [9.17, 15) is 115 Å². The van der Waals surface area contributed by atoms with Crippen molar-refractivity contribution in [1.29, 1.82) is 0 Å². The minimum atomic E-state index is -8.90. The Morgan fingerprint density at radius 1 is 0.511 bits per heavy atom. The topological polar surface area (TPSA) is 26.3 Å². The van der Waals surface area contributed by atoms with Gasteiger partial charge in [-0.15, -0.1) is 0 Å². The number of hydrogen-bond acceptors (Lipinski definition) is 2. The van der Waals surface area contributed by atoms with E-state index in [1.54, 1.807) is 6.58 Å². The van der Waals surface area contributed by atoms with Crippen molar-refractivity contribution in [2.24, 2.45) is 0 Å². The largest absolute Gasteiger partial charge is 0.456 e. The van der Waals surface area contributed by atoms with E-state index < -0.39 is 103 Å². The van der Waals surface area contributed by atoms with Gasteiger partial charge in [0.2, 0.25) is 0 Å². The van der Waals surface area contributed by atoms with Crippen LogP contribution in [0.5, 0.6) is 0 Å². The Kier molecular flexibility index (Phi) is 11.0. The van der Waals surface area contributed by atoms with Crippen LogP contribution in [0.25, 0.3) is 0 Å². The van der Waals surface area contributed by atoms with E-state index in [4.69, 9.17) is 0 Å². The molecule has 0 radical (unpaired) electrons. The Hall–Kier alpha value is -2.54. The molecule has 0 unspecified atom stereocenters. The molecule has 0 saturated carbocycles. The van der Waals surface area contributed by atoms with Gasteiger partial charge < -0.3 is 4.74 Å². The van der Waals surface area contributed by atoms with E-state index in [0.717, 1.165) is 0 Å². The highest BCUT2D eigenvalue weighted by molar-refractivity contribution is 5.90. The number of carbonyl (C=O) groups excluding carboxylic acids is 1. The molecule has 0 bridgehead atoms. The molecule has 0 aromatic rings. The molecule has 268 valence electrons. The smallest absolute Gasteiger partial charge is 0.389 e. The summed E-state index contributed by atoms with van der Waals surface area (Å²) < 4.78 is 332. The van der Waals surface area contributed by atoms with Crippen LogP contribution in [0, 0.1) is 0 Å². The second kappa shape index (κ2) is 11.6. The lowest BCUT2D eigenvalue weighted by Gasteiger charge is -2.42. The highest BCUT2D eigenvalue weighted by atomic mass is 19.4. The van der Waals surface area contributed by atoms with E-state index in [2.05, 4.69) is 4.74 Å². The van der Waals surface area contributed by atoms with Gasteiger partial charge >= 0.3 is 77.8 Å². The predicted molar refractivity (Wildman–Crippen MR) is 90.9 cm³/mol. The Labute approximate surface area is 230 Å². The van der Waals surface area contributed by atoms with Gasteiger partial charge in [0.1, 0.15) is 5.57 Å². The van der Waals surface area contributed by atoms with Crippen LogP contribution in [0.2, 0.25) is 0 Å². The summed E-state index contributed by atoms with van der Waals surface area (Å²) in [5.41, 5.74) is -3.56. The van der Waals surface area contributed by atoms with Crippen LogP contribution in [0.4, 0.5) is 110 Å². The zero-order valence-corrected chi connectivity index (χ0v) is 20.2. The zero-order chi connectivity index (χ0) is 37.1.